The first-order valence-corrected chi connectivity index (χ1v) is 7.88. The molecule has 1 aromatic heterocycles. The number of aryl methyl sites for hydroxylation is 1. The Hall–Kier alpha value is -1.53. The molecule has 0 unspecified atom stereocenters. The Morgan fingerprint density at radius 1 is 1.38 bits per heavy atom. The van der Waals surface area contributed by atoms with E-state index < -0.39 is 11.7 Å². The van der Waals surface area contributed by atoms with Gasteiger partial charge in [-0.15, -0.1) is 10.2 Å². The zero-order valence-corrected chi connectivity index (χ0v) is 13.1. The Balaban J connectivity index is 1.99. The number of rotatable bonds is 6. The molecular weight excluding hydrogens is 313 g/mol. The summed E-state index contributed by atoms with van der Waals surface area (Å²) in [7, 11) is 0. The number of amides is 1. The van der Waals surface area contributed by atoms with Crippen LogP contribution in [0.25, 0.3) is 0 Å². The first-order valence-electron chi connectivity index (χ1n) is 6.69. The number of hydrogen-bond acceptors (Lipinski definition) is 4. The van der Waals surface area contributed by atoms with Crippen molar-refractivity contribution < 1.29 is 9.18 Å². The minimum Gasteiger partial charge on any atom is -0.296 e. The molecular formula is C14H15ClFN3OS. The van der Waals surface area contributed by atoms with Crippen LogP contribution in [0.2, 0.25) is 5.02 Å². The third-order valence-electron chi connectivity index (χ3n) is 2.86. The van der Waals surface area contributed by atoms with Crippen molar-refractivity contribution in [3.63, 3.8) is 0 Å². The predicted molar refractivity (Wildman–Crippen MR) is 82.5 cm³/mol. The highest BCUT2D eigenvalue weighted by atomic mass is 35.5. The van der Waals surface area contributed by atoms with Gasteiger partial charge in [-0.25, -0.2) is 4.39 Å². The molecule has 0 bridgehead atoms. The van der Waals surface area contributed by atoms with Crippen LogP contribution < -0.4 is 5.32 Å². The van der Waals surface area contributed by atoms with Crippen LogP contribution in [0.15, 0.2) is 18.2 Å². The minimum atomic E-state index is -0.660. The largest absolute Gasteiger partial charge is 0.296 e. The topological polar surface area (TPSA) is 54.9 Å². The van der Waals surface area contributed by atoms with Gasteiger partial charge in [-0.3, -0.25) is 10.1 Å². The van der Waals surface area contributed by atoms with E-state index in [1.165, 1.54) is 23.5 Å². The molecule has 0 atom stereocenters. The molecule has 1 heterocycles. The van der Waals surface area contributed by atoms with Gasteiger partial charge >= 0.3 is 0 Å². The summed E-state index contributed by atoms with van der Waals surface area (Å²) in [6.07, 6.45) is 4.16. The number of benzene rings is 1. The van der Waals surface area contributed by atoms with Crippen LogP contribution in [0.4, 0.5) is 9.52 Å². The van der Waals surface area contributed by atoms with Gasteiger partial charge in [0.15, 0.2) is 0 Å². The number of carbonyl (C=O) groups is 1. The second-order valence-electron chi connectivity index (χ2n) is 4.54. The van der Waals surface area contributed by atoms with Crippen molar-refractivity contribution in [2.45, 2.75) is 32.6 Å². The molecule has 0 saturated heterocycles. The third-order valence-corrected chi connectivity index (χ3v) is 3.99. The highest BCUT2D eigenvalue weighted by Crippen LogP contribution is 2.20. The van der Waals surface area contributed by atoms with Gasteiger partial charge in [-0.05, 0) is 24.6 Å². The van der Waals surface area contributed by atoms with Gasteiger partial charge < -0.3 is 0 Å². The number of aromatic nitrogens is 2. The van der Waals surface area contributed by atoms with Crippen molar-refractivity contribution >= 4 is 34.0 Å². The molecule has 1 N–H and O–H groups in total. The molecule has 0 fully saturated rings. The van der Waals surface area contributed by atoms with Crippen molar-refractivity contribution in [1.29, 1.82) is 0 Å². The van der Waals surface area contributed by atoms with Crippen LogP contribution in [0.5, 0.6) is 0 Å². The molecule has 21 heavy (non-hydrogen) atoms. The summed E-state index contributed by atoms with van der Waals surface area (Å²) >= 11 is 6.97. The Labute approximate surface area is 131 Å². The second-order valence-corrected chi connectivity index (χ2v) is 6.03. The van der Waals surface area contributed by atoms with E-state index in [9.17, 15) is 9.18 Å². The SMILES string of the molecule is CCCCCc1nnc(NC(=O)c2ccc(Cl)cc2F)s1. The maximum atomic E-state index is 13.6. The molecule has 0 aliphatic rings. The molecule has 2 aromatic rings. The smallest absolute Gasteiger partial charge is 0.260 e. The fraction of sp³-hybridized carbons (Fsp3) is 0.357. The van der Waals surface area contributed by atoms with E-state index in [0.29, 0.717) is 5.13 Å². The second kappa shape index (κ2) is 7.47. The van der Waals surface area contributed by atoms with Crippen LogP contribution in [-0.4, -0.2) is 16.1 Å². The lowest BCUT2D eigenvalue weighted by molar-refractivity contribution is 0.102. The Kier molecular flexibility index (Phi) is 5.64. The van der Waals surface area contributed by atoms with Crippen LogP contribution in [0.3, 0.4) is 0 Å². The monoisotopic (exact) mass is 327 g/mol. The Morgan fingerprint density at radius 2 is 2.19 bits per heavy atom. The van der Waals surface area contributed by atoms with Gasteiger partial charge in [0.1, 0.15) is 10.8 Å². The Morgan fingerprint density at radius 3 is 2.90 bits per heavy atom. The van der Waals surface area contributed by atoms with Crippen molar-refractivity contribution in [1.82, 2.24) is 10.2 Å². The summed E-state index contributed by atoms with van der Waals surface area (Å²) in [5.41, 5.74) is -0.0675. The molecule has 0 saturated carbocycles. The molecule has 7 heteroatoms. The summed E-state index contributed by atoms with van der Waals surface area (Å²) in [6, 6.07) is 3.92. The third kappa shape index (κ3) is 4.47. The fourth-order valence-electron chi connectivity index (χ4n) is 1.77. The number of nitrogens with zero attached hydrogens (tertiary/aromatic N) is 2. The van der Waals surface area contributed by atoms with Gasteiger partial charge in [-0.1, -0.05) is 42.7 Å². The highest BCUT2D eigenvalue weighted by molar-refractivity contribution is 7.15. The number of anilines is 1. The zero-order chi connectivity index (χ0) is 15.2. The van der Waals surface area contributed by atoms with Crippen LogP contribution in [-0.2, 0) is 6.42 Å². The first kappa shape index (κ1) is 15.9. The normalized spacial score (nSPS) is 10.6. The molecule has 2 rings (SSSR count). The Bertz CT molecular complexity index is 632. The molecule has 4 nitrogen and oxygen atoms in total. The van der Waals surface area contributed by atoms with Crippen LogP contribution in [0, 0.1) is 5.82 Å². The van der Waals surface area contributed by atoms with Gasteiger partial charge in [0.2, 0.25) is 5.13 Å². The molecule has 0 aliphatic heterocycles. The average Bonchev–Trinajstić information content (AvgIpc) is 2.86. The fourth-order valence-corrected chi connectivity index (χ4v) is 2.70. The maximum Gasteiger partial charge on any atom is 0.260 e. The highest BCUT2D eigenvalue weighted by Gasteiger charge is 2.14. The van der Waals surface area contributed by atoms with Gasteiger partial charge in [0.25, 0.3) is 5.91 Å². The summed E-state index contributed by atoms with van der Waals surface area (Å²) in [4.78, 5) is 12.0. The van der Waals surface area contributed by atoms with Gasteiger partial charge in [-0.2, -0.15) is 0 Å². The minimum absolute atomic E-state index is 0.0675. The van der Waals surface area contributed by atoms with Crippen LogP contribution >= 0.6 is 22.9 Å². The summed E-state index contributed by atoms with van der Waals surface area (Å²) < 4.78 is 13.6. The molecule has 0 aliphatic carbocycles. The molecule has 0 radical (unpaired) electrons. The first-order chi connectivity index (χ1) is 10.1. The molecule has 1 amide bonds. The summed E-state index contributed by atoms with van der Waals surface area (Å²) in [5.74, 6) is -1.21. The van der Waals surface area contributed by atoms with E-state index in [2.05, 4.69) is 22.4 Å². The van der Waals surface area contributed by atoms with Crippen molar-refractivity contribution in [3.05, 3.63) is 39.6 Å². The number of unbranched alkanes of at least 4 members (excludes halogenated alkanes) is 2. The van der Waals surface area contributed by atoms with Crippen molar-refractivity contribution in [3.8, 4) is 0 Å². The maximum absolute atomic E-state index is 13.6. The summed E-state index contributed by atoms with van der Waals surface area (Å²) in [5, 5.41) is 12.0. The lowest BCUT2D eigenvalue weighted by Crippen LogP contribution is -2.13. The quantitative estimate of drug-likeness (QED) is 0.804. The van der Waals surface area contributed by atoms with E-state index in [0.717, 1.165) is 36.8 Å². The van der Waals surface area contributed by atoms with Crippen LogP contribution in [0.1, 0.15) is 41.6 Å². The van der Waals surface area contributed by atoms with E-state index >= 15 is 0 Å². The molecule has 112 valence electrons. The van der Waals surface area contributed by atoms with E-state index in [1.54, 1.807) is 0 Å². The van der Waals surface area contributed by atoms with E-state index in [1.807, 2.05) is 0 Å². The van der Waals surface area contributed by atoms with Gasteiger partial charge in [0, 0.05) is 11.4 Å². The average molecular weight is 328 g/mol. The van der Waals surface area contributed by atoms with Gasteiger partial charge in [0.05, 0.1) is 5.56 Å². The van der Waals surface area contributed by atoms with Crippen molar-refractivity contribution in [2.75, 3.05) is 5.32 Å². The lowest BCUT2D eigenvalue weighted by atomic mass is 10.2. The standard InChI is InChI=1S/C14H15ClFN3OS/c1-2-3-4-5-12-18-19-14(21-12)17-13(20)10-7-6-9(15)8-11(10)16/h6-8H,2-5H2,1H3,(H,17,19,20). The number of hydrogen-bond donors (Lipinski definition) is 1. The zero-order valence-electron chi connectivity index (χ0n) is 11.5. The lowest BCUT2D eigenvalue weighted by Gasteiger charge is -2.02. The number of nitrogens with one attached hydrogen (secondary N) is 1. The number of carbonyl (C=O) groups excluding carboxylic acids is 1. The van der Waals surface area contributed by atoms with E-state index in [4.69, 9.17) is 11.6 Å². The summed E-state index contributed by atoms with van der Waals surface area (Å²) in [6.45, 7) is 2.13. The molecule has 0 spiro atoms. The van der Waals surface area contributed by atoms with Crippen molar-refractivity contribution in [2.24, 2.45) is 0 Å². The predicted octanol–water partition coefficient (Wildman–Crippen LogP) is 4.32. The van der Waals surface area contributed by atoms with E-state index in [-0.39, 0.29) is 10.6 Å². The number of halogens is 2. The molecule has 1 aromatic carbocycles.